The van der Waals surface area contributed by atoms with Crippen molar-refractivity contribution in [1.29, 1.82) is 5.26 Å². The molecule has 108 valence electrons. The fourth-order valence-electron chi connectivity index (χ4n) is 3.19. The maximum absolute atomic E-state index is 9.50. The third-order valence-electron chi connectivity index (χ3n) is 4.53. The molecule has 1 aromatic rings. The SMILES string of the molecule is CCN(CCC(N)(C#N)c1ccccc1)C1CCCC1. The van der Waals surface area contributed by atoms with Crippen molar-refractivity contribution >= 4 is 0 Å². The van der Waals surface area contributed by atoms with Crippen molar-refractivity contribution in [2.24, 2.45) is 5.73 Å². The summed E-state index contributed by atoms with van der Waals surface area (Å²) in [6, 6.07) is 12.8. The minimum absolute atomic E-state index is 0.692. The van der Waals surface area contributed by atoms with Crippen LogP contribution < -0.4 is 5.73 Å². The predicted octanol–water partition coefficient (Wildman–Crippen LogP) is 3.02. The van der Waals surface area contributed by atoms with E-state index < -0.39 is 5.54 Å². The van der Waals surface area contributed by atoms with Gasteiger partial charge in [0, 0.05) is 12.6 Å². The Morgan fingerprint density at radius 1 is 1.30 bits per heavy atom. The van der Waals surface area contributed by atoms with Gasteiger partial charge in [-0.1, -0.05) is 50.1 Å². The molecule has 1 aliphatic rings. The minimum Gasteiger partial charge on any atom is -0.310 e. The highest BCUT2D eigenvalue weighted by molar-refractivity contribution is 5.30. The molecule has 0 radical (unpaired) electrons. The molecular formula is C17H25N3. The summed E-state index contributed by atoms with van der Waals surface area (Å²) in [4.78, 5) is 2.49. The van der Waals surface area contributed by atoms with Gasteiger partial charge in [0.25, 0.3) is 0 Å². The molecule has 0 amide bonds. The molecule has 1 aromatic carbocycles. The van der Waals surface area contributed by atoms with Crippen molar-refractivity contribution in [1.82, 2.24) is 4.90 Å². The summed E-state index contributed by atoms with van der Waals surface area (Å²) in [7, 11) is 0. The molecule has 1 fully saturated rings. The molecule has 3 nitrogen and oxygen atoms in total. The summed E-state index contributed by atoms with van der Waals surface area (Å²) in [5.41, 5.74) is 6.39. The largest absolute Gasteiger partial charge is 0.310 e. The van der Waals surface area contributed by atoms with Crippen LogP contribution in [0.4, 0.5) is 0 Å². The topological polar surface area (TPSA) is 53.0 Å². The van der Waals surface area contributed by atoms with Crippen LogP contribution in [0.3, 0.4) is 0 Å². The lowest BCUT2D eigenvalue weighted by molar-refractivity contribution is 0.195. The van der Waals surface area contributed by atoms with Crippen LogP contribution in [0, 0.1) is 11.3 Å². The van der Waals surface area contributed by atoms with Crippen LogP contribution in [0.5, 0.6) is 0 Å². The van der Waals surface area contributed by atoms with Gasteiger partial charge in [-0.2, -0.15) is 5.26 Å². The zero-order valence-electron chi connectivity index (χ0n) is 12.4. The quantitative estimate of drug-likeness (QED) is 0.865. The Kier molecular flexibility index (Phi) is 5.17. The van der Waals surface area contributed by atoms with Crippen molar-refractivity contribution in [2.75, 3.05) is 13.1 Å². The van der Waals surface area contributed by atoms with Gasteiger partial charge in [-0.25, -0.2) is 0 Å². The van der Waals surface area contributed by atoms with Crippen LogP contribution in [0.15, 0.2) is 30.3 Å². The zero-order valence-corrected chi connectivity index (χ0v) is 12.4. The Morgan fingerprint density at radius 3 is 2.50 bits per heavy atom. The number of nitriles is 1. The molecule has 1 atom stereocenters. The summed E-state index contributed by atoms with van der Waals surface area (Å²) in [6.45, 7) is 4.15. The highest BCUT2D eigenvalue weighted by Crippen LogP contribution is 2.26. The van der Waals surface area contributed by atoms with Crippen LogP contribution in [-0.2, 0) is 5.54 Å². The van der Waals surface area contributed by atoms with E-state index in [4.69, 9.17) is 5.73 Å². The average Bonchev–Trinajstić information content (AvgIpc) is 3.03. The number of hydrogen-bond donors (Lipinski definition) is 1. The van der Waals surface area contributed by atoms with Crippen LogP contribution in [0.2, 0.25) is 0 Å². The molecule has 2 N–H and O–H groups in total. The van der Waals surface area contributed by atoms with Crippen molar-refractivity contribution in [3.8, 4) is 6.07 Å². The molecule has 1 saturated carbocycles. The molecule has 0 spiro atoms. The summed E-state index contributed by atoms with van der Waals surface area (Å²) in [5.74, 6) is 0. The van der Waals surface area contributed by atoms with E-state index in [0.29, 0.717) is 12.5 Å². The van der Waals surface area contributed by atoms with Gasteiger partial charge in [-0.05, 0) is 31.4 Å². The smallest absolute Gasteiger partial charge is 0.131 e. The number of benzene rings is 1. The summed E-state index contributed by atoms with van der Waals surface area (Å²) < 4.78 is 0. The average molecular weight is 271 g/mol. The highest BCUT2D eigenvalue weighted by Gasteiger charge is 2.29. The van der Waals surface area contributed by atoms with Crippen LogP contribution >= 0.6 is 0 Å². The normalized spacial score (nSPS) is 18.9. The molecule has 2 rings (SSSR count). The standard InChI is InChI=1S/C17H25N3/c1-2-20(16-10-6-7-11-16)13-12-17(19,14-18)15-8-4-3-5-9-15/h3-5,8-9,16H,2,6-7,10-13,19H2,1H3. The molecule has 0 aromatic heterocycles. The van der Waals surface area contributed by atoms with Gasteiger partial charge in [-0.15, -0.1) is 0 Å². The van der Waals surface area contributed by atoms with Gasteiger partial charge in [0.2, 0.25) is 0 Å². The van der Waals surface area contributed by atoms with E-state index in [9.17, 15) is 5.26 Å². The minimum atomic E-state index is -0.868. The van der Waals surface area contributed by atoms with Gasteiger partial charge in [0.1, 0.15) is 5.54 Å². The van der Waals surface area contributed by atoms with E-state index in [1.165, 1.54) is 25.7 Å². The number of nitrogens with two attached hydrogens (primary N) is 1. The van der Waals surface area contributed by atoms with Crippen molar-refractivity contribution in [3.05, 3.63) is 35.9 Å². The number of nitrogens with zero attached hydrogens (tertiary/aromatic N) is 2. The van der Waals surface area contributed by atoms with Crippen molar-refractivity contribution < 1.29 is 0 Å². The monoisotopic (exact) mass is 271 g/mol. The third kappa shape index (κ3) is 3.39. The maximum Gasteiger partial charge on any atom is 0.131 e. The van der Waals surface area contributed by atoms with Crippen molar-refractivity contribution in [2.45, 2.75) is 50.6 Å². The lowest BCUT2D eigenvalue weighted by Gasteiger charge is -2.31. The second-order valence-electron chi connectivity index (χ2n) is 5.77. The first-order valence-electron chi connectivity index (χ1n) is 7.69. The first-order chi connectivity index (χ1) is 9.69. The Bertz CT molecular complexity index is 445. The third-order valence-corrected chi connectivity index (χ3v) is 4.53. The molecule has 20 heavy (non-hydrogen) atoms. The van der Waals surface area contributed by atoms with E-state index in [-0.39, 0.29) is 0 Å². The van der Waals surface area contributed by atoms with E-state index in [1.54, 1.807) is 0 Å². The van der Waals surface area contributed by atoms with Gasteiger partial charge < -0.3 is 10.6 Å². The molecule has 0 heterocycles. The van der Waals surface area contributed by atoms with E-state index in [1.807, 2.05) is 30.3 Å². The first-order valence-corrected chi connectivity index (χ1v) is 7.69. The zero-order chi connectivity index (χ0) is 14.4. The lowest BCUT2D eigenvalue weighted by atomic mass is 9.89. The molecule has 3 heteroatoms. The second kappa shape index (κ2) is 6.88. The van der Waals surface area contributed by atoms with Gasteiger partial charge in [-0.3, -0.25) is 0 Å². The van der Waals surface area contributed by atoms with E-state index in [0.717, 1.165) is 18.7 Å². The Hall–Kier alpha value is -1.37. The number of rotatable bonds is 6. The molecule has 0 bridgehead atoms. The number of hydrogen-bond acceptors (Lipinski definition) is 3. The molecule has 0 saturated heterocycles. The molecule has 1 aliphatic carbocycles. The van der Waals surface area contributed by atoms with E-state index in [2.05, 4.69) is 17.9 Å². The summed E-state index contributed by atoms with van der Waals surface area (Å²) in [5, 5.41) is 9.50. The Labute approximate surface area is 122 Å². The fraction of sp³-hybridized carbons (Fsp3) is 0.588. The fourth-order valence-corrected chi connectivity index (χ4v) is 3.19. The van der Waals surface area contributed by atoms with Crippen LogP contribution in [-0.4, -0.2) is 24.0 Å². The lowest BCUT2D eigenvalue weighted by Crippen LogP contribution is -2.42. The maximum atomic E-state index is 9.50. The second-order valence-corrected chi connectivity index (χ2v) is 5.77. The Morgan fingerprint density at radius 2 is 1.95 bits per heavy atom. The van der Waals surface area contributed by atoms with Gasteiger partial charge in [0.05, 0.1) is 6.07 Å². The van der Waals surface area contributed by atoms with Gasteiger partial charge in [0.15, 0.2) is 0 Å². The van der Waals surface area contributed by atoms with Crippen LogP contribution in [0.25, 0.3) is 0 Å². The Balaban J connectivity index is 2.01. The highest BCUT2D eigenvalue weighted by atomic mass is 15.2. The first kappa shape index (κ1) is 15.0. The van der Waals surface area contributed by atoms with E-state index >= 15 is 0 Å². The predicted molar refractivity (Wildman–Crippen MR) is 82.0 cm³/mol. The summed E-state index contributed by atoms with van der Waals surface area (Å²) in [6.07, 6.45) is 5.96. The summed E-state index contributed by atoms with van der Waals surface area (Å²) >= 11 is 0. The van der Waals surface area contributed by atoms with Crippen molar-refractivity contribution in [3.63, 3.8) is 0 Å². The van der Waals surface area contributed by atoms with Gasteiger partial charge >= 0.3 is 0 Å². The molecule has 1 unspecified atom stereocenters. The molecular weight excluding hydrogens is 246 g/mol. The van der Waals surface area contributed by atoms with Crippen LogP contribution in [0.1, 0.15) is 44.6 Å². The molecule has 0 aliphatic heterocycles.